The summed E-state index contributed by atoms with van der Waals surface area (Å²) in [6, 6.07) is 79.3. The van der Waals surface area contributed by atoms with Crippen LogP contribution in [0.25, 0.3) is 66.0 Å². The van der Waals surface area contributed by atoms with E-state index in [1.807, 2.05) is 6.07 Å². The van der Waals surface area contributed by atoms with Crippen molar-refractivity contribution in [3.8, 4) is 22.3 Å². The third kappa shape index (κ3) is 4.62. The lowest BCUT2D eigenvalue weighted by molar-refractivity contribution is 0.564. The van der Waals surface area contributed by atoms with Crippen molar-refractivity contribution in [2.45, 2.75) is 5.54 Å². The number of anilines is 3. The summed E-state index contributed by atoms with van der Waals surface area (Å²) in [6.07, 6.45) is 0. The number of nitrogens with zero attached hydrogens (tertiary/aromatic N) is 2. The Morgan fingerprint density at radius 3 is 1.72 bits per heavy atom. The lowest BCUT2D eigenvalue weighted by Crippen LogP contribution is -2.35. The van der Waals surface area contributed by atoms with Gasteiger partial charge < -0.3 is 13.9 Å². The molecule has 58 heavy (non-hydrogen) atoms. The summed E-state index contributed by atoms with van der Waals surface area (Å²) >= 11 is 0. The first-order chi connectivity index (χ1) is 28.8. The molecule has 272 valence electrons. The van der Waals surface area contributed by atoms with Gasteiger partial charge in [0.2, 0.25) is 0 Å². The van der Waals surface area contributed by atoms with Gasteiger partial charge in [0.25, 0.3) is 0 Å². The van der Waals surface area contributed by atoms with Crippen LogP contribution in [0.15, 0.2) is 223 Å². The fraction of sp³-hybridized carbons (Fsp3) is 0.0182. The van der Waals surface area contributed by atoms with Gasteiger partial charge in [0.15, 0.2) is 0 Å². The van der Waals surface area contributed by atoms with E-state index in [0.29, 0.717) is 0 Å². The predicted molar refractivity (Wildman–Crippen MR) is 240 cm³/mol. The van der Waals surface area contributed by atoms with Crippen LogP contribution in [0.2, 0.25) is 0 Å². The number of rotatable bonds is 6. The Kier molecular flexibility index (Phi) is 7.14. The largest absolute Gasteiger partial charge is 0.456 e. The van der Waals surface area contributed by atoms with Gasteiger partial charge >= 0.3 is 0 Å². The third-order valence-corrected chi connectivity index (χ3v) is 12.2. The topological polar surface area (TPSA) is 21.3 Å². The highest BCUT2D eigenvalue weighted by atomic mass is 16.3. The van der Waals surface area contributed by atoms with Crippen LogP contribution in [0.3, 0.4) is 0 Å². The van der Waals surface area contributed by atoms with Crippen molar-refractivity contribution in [1.29, 1.82) is 0 Å². The Bertz CT molecular complexity index is 3290. The summed E-state index contributed by atoms with van der Waals surface area (Å²) < 4.78 is 9.12. The first-order valence-electron chi connectivity index (χ1n) is 19.9. The smallest absolute Gasteiger partial charge is 0.137 e. The van der Waals surface area contributed by atoms with Crippen molar-refractivity contribution in [1.82, 2.24) is 4.57 Å². The number of furan rings is 1. The summed E-state index contributed by atoms with van der Waals surface area (Å²) in [4.78, 5) is 2.41. The van der Waals surface area contributed by atoms with Crippen LogP contribution >= 0.6 is 0 Å². The molecule has 1 aliphatic rings. The minimum absolute atomic E-state index is 0.642. The van der Waals surface area contributed by atoms with Crippen molar-refractivity contribution in [3.05, 3.63) is 235 Å². The van der Waals surface area contributed by atoms with Crippen LogP contribution in [-0.2, 0) is 5.54 Å². The Hall–Kier alpha value is -7.62. The molecule has 1 aliphatic carbocycles. The Morgan fingerprint density at radius 2 is 0.966 bits per heavy atom. The zero-order valence-corrected chi connectivity index (χ0v) is 31.6. The predicted octanol–water partition coefficient (Wildman–Crippen LogP) is 14.7. The summed E-state index contributed by atoms with van der Waals surface area (Å²) in [5.74, 6) is 0. The van der Waals surface area contributed by atoms with E-state index >= 15 is 0 Å². The Balaban J connectivity index is 1.18. The molecule has 12 rings (SSSR count). The van der Waals surface area contributed by atoms with Gasteiger partial charge in [-0.1, -0.05) is 170 Å². The highest BCUT2D eigenvalue weighted by Crippen LogP contribution is 2.56. The molecular formula is C55H36N2O. The van der Waals surface area contributed by atoms with Gasteiger partial charge in [-0.15, -0.1) is 0 Å². The standard InChI is InChI=1S/C55H36N2O/c1-3-16-37(17-4-1)38-30-32-40(33-31-38)56(50-27-15-29-53-54(50)46-23-10-14-28-52(46)58-53)41-34-35-45-44-22-9-13-26-49(44)57(51(45)36-41)55(39-18-5-2-6-19-39)47-24-11-7-20-42(47)43-21-8-12-25-48(43)55/h1-36H. The molecule has 0 saturated carbocycles. The van der Waals surface area contributed by atoms with Crippen molar-refractivity contribution >= 4 is 60.8 Å². The number of fused-ring (bicyclic) bond motifs is 9. The zero-order chi connectivity index (χ0) is 38.2. The van der Waals surface area contributed by atoms with Gasteiger partial charge in [-0.3, -0.25) is 0 Å². The number of hydrogen-bond acceptors (Lipinski definition) is 2. The average molecular weight is 741 g/mol. The normalized spacial score (nSPS) is 13.0. The van der Waals surface area contributed by atoms with E-state index in [9.17, 15) is 0 Å². The highest BCUT2D eigenvalue weighted by molar-refractivity contribution is 6.14. The van der Waals surface area contributed by atoms with Crippen LogP contribution in [0.1, 0.15) is 16.7 Å². The van der Waals surface area contributed by atoms with Gasteiger partial charge in [-0.25, -0.2) is 0 Å². The quantitative estimate of drug-likeness (QED) is 0.169. The highest BCUT2D eigenvalue weighted by Gasteiger charge is 2.47. The van der Waals surface area contributed by atoms with E-state index in [4.69, 9.17) is 4.42 Å². The molecule has 0 fully saturated rings. The lowest BCUT2D eigenvalue weighted by Gasteiger charge is -2.36. The van der Waals surface area contributed by atoms with E-state index in [1.165, 1.54) is 55.2 Å². The summed E-state index contributed by atoms with van der Waals surface area (Å²) in [5, 5.41) is 4.62. The molecule has 0 bridgehead atoms. The van der Waals surface area contributed by atoms with E-state index in [1.54, 1.807) is 0 Å². The molecule has 0 atom stereocenters. The maximum atomic E-state index is 6.49. The number of para-hydroxylation sites is 2. The van der Waals surface area contributed by atoms with Crippen molar-refractivity contribution in [3.63, 3.8) is 0 Å². The van der Waals surface area contributed by atoms with Crippen molar-refractivity contribution in [2.75, 3.05) is 4.90 Å². The monoisotopic (exact) mass is 740 g/mol. The van der Waals surface area contributed by atoms with Gasteiger partial charge in [-0.05, 0) is 87.5 Å². The molecule has 0 amide bonds. The summed E-state index contributed by atoms with van der Waals surface area (Å²) in [5.41, 5.74) is 15.3. The fourth-order valence-electron chi connectivity index (χ4n) is 9.83. The first-order valence-corrected chi connectivity index (χ1v) is 19.9. The molecule has 0 saturated heterocycles. The van der Waals surface area contributed by atoms with Crippen LogP contribution in [0, 0.1) is 0 Å². The first kappa shape index (κ1) is 32.6. The average Bonchev–Trinajstić information content (AvgIpc) is 3.94. The molecule has 2 heterocycles. The third-order valence-electron chi connectivity index (χ3n) is 12.2. The molecule has 0 radical (unpaired) electrons. The molecule has 2 aromatic heterocycles. The van der Waals surface area contributed by atoms with E-state index in [2.05, 4.69) is 222 Å². The second-order valence-corrected chi connectivity index (χ2v) is 15.2. The van der Waals surface area contributed by atoms with Crippen molar-refractivity contribution < 1.29 is 4.42 Å². The van der Waals surface area contributed by atoms with Gasteiger partial charge in [0.05, 0.1) is 22.1 Å². The summed E-state index contributed by atoms with van der Waals surface area (Å²) in [7, 11) is 0. The molecule has 9 aromatic carbocycles. The van der Waals surface area contributed by atoms with E-state index in [0.717, 1.165) is 44.5 Å². The van der Waals surface area contributed by atoms with E-state index < -0.39 is 5.54 Å². The minimum Gasteiger partial charge on any atom is -0.456 e. The number of benzene rings is 9. The zero-order valence-electron chi connectivity index (χ0n) is 31.6. The molecule has 0 N–H and O–H groups in total. The molecule has 11 aromatic rings. The SMILES string of the molecule is c1ccc(-c2ccc(N(c3ccc4c5ccccc5n(C5(c6ccccc6)c6ccccc6-c6ccccc65)c4c3)c3cccc4oc5ccccc5c34)cc2)cc1. The molecule has 0 aliphatic heterocycles. The Labute approximate surface area is 336 Å². The number of aromatic nitrogens is 1. The molecular weight excluding hydrogens is 705 g/mol. The number of hydrogen-bond donors (Lipinski definition) is 0. The summed E-state index contributed by atoms with van der Waals surface area (Å²) in [6.45, 7) is 0. The second-order valence-electron chi connectivity index (χ2n) is 15.2. The van der Waals surface area contributed by atoms with Crippen LogP contribution < -0.4 is 4.90 Å². The molecule has 3 nitrogen and oxygen atoms in total. The lowest BCUT2D eigenvalue weighted by atomic mass is 9.80. The molecule has 0 unspecified atom stereocenters. The van der Waals surface area contributed by atoms with Crippen LogP contribution in [0.4, 0.5) is 17.1 Å². The fourth-order valence-corrected chi connectivity index (χ4v) is 9.83. The maximum absolute atomic E-state index is 6.49. The van der Waals surface area contributed by atoms with E-state index in [-0.39, 0.29) is 0 Å². The van der Waals surface area contributed by atoms with Gasteiger partial charge in [0, 0.05) is 27.5 Å². The molecule has 3 heteroatoms. The van der Waals surface area contributed by atoms with Crippen molar-refractivity contribution in [2.24, 2.45) is 0 Å². The van der Waals surface area contributed by atoms with Crippen LogP contribution in [0.5, 0.6) is 0 Å². The maximum Gasteiger partial charge on any atom is 0.137 e. The van der Waals surface area contributed by atoms with Crippen LogP contribution in [-0.4, -0.2) is 4.57 Å². The Morgan fingerprint density at radius 1 is 0.397 bits per heavy atom. The van der Waals surface area contributed by atoms with Gasteiger partial charge in [0.1, 0.15) is 16.7 Å². The minimum atomic E-state index is -0.642. The van der Waals surface area contributed by atoms with Gasteiger partial charge in [-0.2, -0.15) is 0 Å². The second kappa shape index (κ2) is 12.7. The molecule has 0 spiro atoms.